The van der Waals surface area contributed by atoms with Crippen LogP contribution in [-0.2, 0) is 6.42 Å². The fraction of sp³-hybridized carbons (Fsp3) is 0.143. The van der Waals surface area contributed by atoms with Crippen molar-refractivity contribution in [1.29, 1.82) is 0 Å². The van der Waals surface area contributed by atoms with Gasteiger partial charge in [0.2, 0.25) is 0 Å². The van der Waals surface area contributed by atoms with Crippen LogP contribution in [0.2, 0.25) is 10.0 Å². The molecule has 2 aromatic carbocycles. The smallest absolute Gasteiger partial charge is 0.0831 e. The summed E-state index contributed by atoms with van der Waals surface area (Å²) in [6.45, 7) is 0. The summed E-state index contributed by atoms with van der Waals surface area (Å²) in [6, 6.07) is 12.4. The van der Waals surface area contributed by atoms with Gasteiger partial charge in [0, 0.05) is 22.2 Å². The molecule has 0 aromatic heterocycles. The molecule has 2 aromatic rings. The largest absolute Gasteiger partial charge is 0.399 e. The van der Waals surface area contributed by atoms with Crippen molar-refractivity contribution in [2.45, 2.75) is 12.5 Å². The van der Waals surface area contributed by atoms with E-state index in [1.54, 1.807) is 24.3 Å². The molecule has 0 aliphatic rings. The third-order valence-corrected chi connectivity index (χ3v) is 3.31. The van der Waals surface area contributed by atoms with Gasteiger partial charge in [0.25, 0.3) is 0 Å². The van der Waals surface area contributed by atoms with Crippen molar-refractivity contribution in [2.24, 2.45) is 0 Å². The van der Waals surface area contributed by atoms with Crippen LogP contribution in [0.15, 0.2) is 42.5 Å². The number of anilines is 1. The lowest BCUT2D eigenvalue weighted by atomic mass is 10.0. The van der Waals surface area contributed by atoms with Crippen LogP contribution in [0.5, 0.6) is 0 Å². The molecule has 2 nitrogen and oxygen atoms in total. The lowest BCUT2D eigenvalue weighted by Gasteiger charge is -2.13. The number of hydrogen-bond donors (Lipinski definition) is 2. The zero-order valence-corrected chi connectivity index (χ0v) is 11.1. The minimum Gasteiger partial charge on any atom is -0.399 e. The number of aliphatic hydroxyl groups is 1. The van der Waals surface area contributed by atoms with Crippen LogP contribution in [0.3, 0.4) is 0 Å². The maximum absolute atomic E-state index is 10.1. The Bertz CT molecular complexity index is 557. The Balaban J connectivity index is 2.18. The molecule has 2 rings (SSSR count). The van der Waals surface area contributed by atoms with Gasteiger partial charge in [-0.1, -0.05) is 41.4 Å². The van der Waals surface area contributed by atoms with Crippen LogP contribution in [0.25, 0.3) is 0 Å². The fourth-order valence-electron chi connectivity index (χ4n) is 1.78. The van der Waals surface area contributed by atoms with E-state index >= 15 is 0 Å². The van der Waals surface area contributed by atoms with E-state index < -0.39 is 6.10 Å². The molecule has 0 fully saturated rings. The van der Waals surface area contributed by atoms with Gasteiger partial charge in [0.1, 0.15) is 0 Å². The lowest BCUT2D eigenvalue weighted by Crippen LogP contribution is -2.03. The number of nitrogen functional groups attached to an aromatic ring is 1. The molecule has 0 spiro atoms. The summed E-state index contributed by atoms with van der Waals surface area (Å²) in [7, 11) is 0. The normalized spacial score (nSPS) is 12.4. The monoisotopic (exact) mass is 281 g/mol. The zero-order valence-electron chi connectivity index (χ0n) is 9.61. The van der Waals surface area contributed by atoms with Crippen LogP contribution >= 0.6 is 23.2 Å². The highest BCUT2D eigenvalue weighted by Gasteiger charge is 2.11. The zero-order chi connectivity index (χ0) is 13.1. The highest BCUT2D eigenvalue weighted by atomic mass is 35.5. The van der Waals surface area contributed by atoms with Gasteiger partial charge < -0.3 is 10.8 Å². The molecule has 1 unspecified atom stereocenters. The van der Waals surface area contributed by atoms with Crippen LogP contribution in [0, 0.1) is 0 Å². The first-order valence-electron chi connectivity index (χ1n) is 5.53. The molecule has 0 radical (unpaired) electrons. The first-order valence-corrected chi connectivity index (χ1v) is 6.29. The van der Waals surface area contributed by atoms with Crippen molar-refractivity contribution >= 4 is 28.9 Å². The average molecular weight is 282 g/mol. The minimum atomic E-state index is -0.632. The van der Waals surface area contributed by atoms with Crippen molar-refractivity contribution in [2.75, 3.05) is 5.73 Å². The minimum absolute atomic E-state index is 0.430. The van der Waals surface area contributed by atoms with Crippen LogP contribution in [0.1, 0.15) is 17.2 Å². The SMILES string of the molecule is Nc1cccc(C(O)Cc2ccc(Cl)cc2Cl)c1. The van der Waals surface area contributed by atoms with Crippen molar-refractivity contribution < 1.29 is 5.11 Å². The van der Waals surface area contributed by atoms with Crippen molar-refractivity contribution in [3.05, 3.63) is 63.6 Å². The average Bonchev–Trinajstić information content (AvgIpc) is 2.32. The van der Waals surface area contributed by atoms with E-state index in [2.05, 4.69) is 0 Å². The summed E-state index contributed by atoms with van der Waals surface area (Å²) < 4.78 is 0. The maximum atomic E-state index is 10.1. The Morgan fingerprint density at radius 2 is 1.89 bits per heavy atom. The fourth-order valence-corrected chi connectivity index (χ4v) is 2.27. The van der Waals surface area contributed by atoms with Gasteiger partial charge in [-0.05, 0) is 35.4 Å². The molecule has 1 atom stereocenters. The van der Waals surface area contributed by atoms with Crippen LogP contribution < -0.4 is 5.73 Å². The molecule has 0 aliphatic carbocycles. The van der Waals surface area contributed by atoms with Gasteiger partial charge in [-0.3, -0.25) is 0 Å². The summed E-state index contributed by atoms with van der Waals surface area (Å²) in [5.74, 6) is 0. The van der Waals surface area contributed by atoms with Gasteiger partial charge in [0.15, 0.2) is 0 Å². The standard InChI is InChI=1S/C14H13Cl2NO/c15-11-5-4-9(13(16)8-11)7-14(18)10-2-1-3-12(17)6-10/h1-6,8,14,18H,7,17H2. The van der Waals surface area contributed by atoms with Crippen molar-refractivity contribution in [3.63, 3.8) is 0 Å². The molecule has 0 aliphatic heterocycles. The molecular weight excluding hydrogens is 269 g/mol. The summed E-state index contributed by atoms with van der Waals surface area (Å²) in [5, 5.41) is 11.3. The van der Waals surface area contributed by atoms with Gasteiger partial charge >= 0.3 is 0 Å². The third kappa shape index (κ3) is 3.16. The van der Waals surface area contributed by atoms with Crippen LogP contribution in [0.4, 0.5) is 5.69 Å². The number of benzene rings is 2. The second-order valence-corrected chi connectivity index (χ2v) is 4.97. The maximum Gasteiger partial charge on any atom is 0.0831 e. The van der Waals surface area contributed by atoms with Gasteiger partial charge in [-0.25, -0.2) is 0 Å². The molecule has 0 heterocycles. The lowest BCUT2D eigenvalue weighted by molar-refractivity contribution is 0.178. The van der Waals surface area contributed by atoms with E-state index in [0.29, 0.717) is 22.2 Å². The van der Waals surface area contributed by atoms with E-state index in [9.17, 15) is 5.11 Å². The first kappa shape index (κ1) is 13.2. The van der Waals surface area contributed by atoms with Gasteiger partial charge in [0.05, 0.1) is 6.10 Å². The second-order valence-electron chi connectivity index (χ2n) is 4.13. The quantitative estimate of drug-likeness (QED) is 0.840. The molecule has 0 amide bonds. The Hall–Kier alpha value is -1.22. The van der Waals surface area contributed by atoms with Crippen molar-refractivity contribution in [3.8, 4) is 0 Å². The molecule has 0 saturated heterocycles. The number of hydrogen-bond acceptors (Lipinski definition) is 2. The predicted molar refractivity (Wildman–Crippen MR) is 76.0 cm³/mol. The van der Waals surface area contributed by atoms with Gasteiger partial charge in [-0.15, -0.1) is 0 Å². The molecule has 3 N–H and O–H groups in total. The molecule has 4 heteroatoms. The summed E-state index contributed by atoms with van der Waals surface area (Å²) in [6.07, 6.45) is -0.202. The predicted octanol–water partition coefficient (Wildman–Crippen LogP) is 3.85. The Kier molecular flexibility index (Phi) is 4.12. The van der Waals surface area contributed by atoms with E-state index in [4.69, 9.17) is 28.9 Å². The highest BCUT2D eigenvalue weighted by molar-refractivity contribution is 6.35. The molecule has 0 saturated carbocycles. The van der Waals surface area contributed by atoms with E-state index in [1.165, 1.54) is 0 Å². The van der Waals surface area contributed by atoms with Crippen LogP contribution in [-0.4, -0.2) is 5.11 Å². The third-order valence-electron chi connectivity index (χ3n) is 2.72. The van der Waals surface area contributed by atoms with Gasteiger partial charge in [-0.2, -0.15) is 0 Å². The molecule has 0 bridgehead atoms. The number of rotatable bonds is 3. The Morgan fingerprint density at radius 3 is 2.56 bits per heavy atom. The van der Waals surface area contributed by atoms with Crippen molar-refractivity contribution in [1.82, 2.24) is 0 Å². The molecule has 18 heavy (non-hydrogen) atoms. The van der Waals surface area contributed by atoms with E-state index in [0.717, 1.165) is 11.1 Å². The number of nitrogens with two attached hydrogens (primary N) is 1. The number of aliphatic hydroxyl groups excluding tert-OH is 1. The van der Waals surface area contributed by atoms with E-state index in [1.807, 2.05) is 18.2 Å². The highest BCUT2D eigenvalue weighted by Crippen LogP contribution is 2.26. The molecular formula is C14H13Cl2NO. The Morgan fingerprint density at radius 1 is 1.11 bits per heavy atom. The summed E-state index contributed by atoms with van der Waals surface area (Å²) >= 11 is 11.9. The first-order chi connectivity index (χ1) is 8.56. The Labute approximate surface area is 116 Å². The molecule has 94 valence electrons. The van der Waals surface area contributed by atoms with E-state index in [-0.39, 0.29) is 0 Å². The summed E-state index contributed by atoms with van der Waals surface area (Å²) in [5.41, 5.74) is 7.95. The topological polar surface area (TPSA) is 46.2 Å². The second kappa shape index (κ2) is 5.61. The number of halogens is 2. The summed E-state index contributed by atoms with van der Waals surface area (Å²) in [4.78, 5) is 0.